The monoisotopic (exact) mass is 279 g/mol. The number of amides is 2. The molecule has 1 aliphatic rings. The first-order valence-electron chi connectivity index (χ1n) is 5.77. The van der Waals surface area contributed by atoms with Crippen molar-refractivity contribution in [1.29, 1.82) is 0 Å². The fraction of sp³-hybridized carbons (Fsp3) is 0.143. The lowest BCUT2D eigenvalue weighted by molar-refractivity contribution is -0.137. The third kappa shape index (κ3) is 1.61. The first kappa shape index (κ1) is 12.7. The Bertz CT molecular complexity index is 765. The van der Waals surface area contributed by atoms with Crippen molar-refractivity contribution >= 4 is 22.6 Å². The summed E-state index contributed by atoms with van der Waals surface area (Å²) < 4.78 is 38.6. The number of carbonyl (C=O) groups excluding carboxylic acids is 2. The third-order valence-electron chi connectivity index (χ3n) is 3.37. The average molecular weight is 279 g/mol. The van der Waals surface area contributed by atoms with Crippen LogP contribution in [-0.2, 0) is 6.18 Å². The Morgan fingerprint density at radius 3 is 2.30 bits per heavy atom. The largest absolute Gasteiger partial charge is 0.416 e. The second-order valence-corrected chi connectivity index (χ2v) is 4.59. The predicted octanol–water partition coefficient (Wildman–Crippen LogP) is 3.08. The normalized spacial score (nSPS) is 15.1. The number of hydrogen-bond donors (Lipinski definition) is 0. The van der Waals surface area contributed by atoms with Crippen LogP contribution in [0.3, 0.4) is 0 Å². The number of carbonyl (C=O) groups is 2. The molecule has 0 saturated carbocycles. The molecule has 20 heavy (non-hydrogen) atoms. The minimum Gasteiger partial charge on any atom is -0.277 e. The van der Waals surface area contributed by atoms with Gasteiger partial charge in [0.25, 0.3) is 11.8 Å². The number of benzene rings is 2. The molecule has 0 aromatic heterocycles. The van der Waals surface area contributed by atoms with Gasteiger partial charge in [-0.25, -0.2) is 0 Å². The second kappa shape index (κ2) is 3.82. The van der Waals surface area contributed by atoms with Gasteiger partial charge in [-0.15, -0.1) is 0 Å². The van der Waals surface area contributed by atoms with Crippen LogP contribution in [0, 0.1) is 0 Å². The summed E-state index contributed by atoms with van der Waals surface area (Å²) in [5.74, 6) is -1.22. The Morgan fingerprint density at radius 1 is 1.00 bits per heavy atom. The van der Waals surface area contributed by atoms with E-state index in [4.69, 9.17) is 0 Å². The highest BCUT2D eigenvalue weighted by Gasteiger charge is 2.36. The van der Waals surface area contributed by atoms with Crippen molar-refractivity contribution in [2.24, 2.45) is 0 Å². The number of halogens is 3. The highest BCUT2D eigenvalue weighted by atomic mass is 19.4. The summed E-state index contributed by atoms with van der Waals surface area (Å²) in [4.78, 5) is 24.8. The average Bonchev–Trinajstić information content (AvgIpc) is 2.40. The molecule has 2 aromatic rings. The summed E-state index contributed by atoms with van der Waals surface area (Å²) in [6.07, 6.45) is -4.54. The molecular formula is C14H8F3NO2. The Hall–Kier alpha value is -2.37. The Balaban J connectivity index is 2.44. The van der Waals surface area contributed by atoms with Crippen LogP contribution in [0.2, 0.25) is 0 Å². The lowest BCUT2D eigenvalue weighted by Crippen LogP contribution is -2.37. The Labute approximate surface area is 111 Å². The summed E-state index contributed by atoms with van der Waals surface area (Å²) in [6.45, 7) is 0. The number of nitrogens with zero attached hydrogens (tertiary/aromatic N) is 1. The van der Waals surface area contributed by atoms with E-state index < -0.39 is 23.6 Å². The number of alkyl halides is 3. The summed E-state index contributed by atoms with van der Waals surface area (Å²) in [7, 11) is 1.26. The molecule has 0 unspecified atom stereocenters. The van der Waals surface area contributed by atoms with Gasteiger partial charge in [-0.3, -0.25) is 14.5 Å². The van der Waals surface area contributed by atoms with Crippen LogP contribution < -0.4 is 0 Å². The molecule has 1 aliphatic heterocycles. The molecule has 3 rings (SSSR count). The summed E-state index contributed by atoms with van der Waals surface area (Å²) in [5, 5.41) is 0.524. The van der Waals surface area contributed by atoms with E-state index in [1.54, 1.807) is 0 Å². The zero-order valence-electron chi connectivity index (χ0n) is 10.3. The van der Waals surface area contributed by atoms with Crippen molar-refractivity contribution in [3.8, 4) is 0 Å². The van der Waals surface area contributed by atoms with Crippen molar-refractivity contribution < 1.29 is 22.8 Å². The van der Waals surface area contributed by atoms with Gasteiger partial charge in [0.05, 0.1) is 5.56 Å². The van der Waals surface area contributed by atoms with Gasteiger partial charge >= 0.3 is 6.18 Å². The molecule has 6 heteroatoms. The van der Waals surface area contributed by atoms with E-state index in [0.717, 1.165) is 17.0 Å². The topological polar surface area (TPSA) is 37.4 Å². The molecule has 0 radical (unpaired) electrons. The zero-order valence-corrected chi connectivity index (χ0v) is 10.3. The Morgan fingerprint density at radius 2 is 1.65 bits per heavy atom. The molecule has 2 aromatic carbocycles. The van der Waals surface area contributed by atoms with Crippen molar-refractivity contribution in [1.82, 2.24) is 4.90 Å². The minimum absolute atomic E-state index is 0.0903. The number of rotatable bonds is 0. The van der Waals surface area contributed by atoms with Gasteiger partial charge in [-0.1, -0.05) is 12.1 Å². The van der Waals surface area contributed by atoms with Gasteiger partial charge in [-0.2, -0.15) is 13.2 Å². The van der Waals surface area contributed by atoms with Gasteiger partial charge in [0, 0.05) is 23.6 Å². The fourth-order valence-electron chi connectivity index (χ4n) is 2.39. The van der Waals surface area contributed by atoms with Gasteiger partial charge in [0.2, 0.25) is 0 Å². The predicted molar refractivity (Wildman–Crippen MR) is 65.4 cm³/mol. The van der Waals surface area contributed by atoms with E-state index in [1.165, 1.54) is 25.2 Å². The zero-order chi connectivity index (χ0) is 14.7. The van der Waals surface area contributed by atoms with Gasteiger partial charge in [0.15, 0.2) is 0 Å². The van der Waals surface area contributed by atoms with Crippen LogP contribution >= 0.6 is 0 Å². The van der Waals surface area contributed by atoms with Crippen LogP contribution in [0.1, 0.15) is 26.3 Å². The first-order valence-corrected chi connectivity index (χ1v) is 5.77. The first-order chi connectivity index (χ1) is 9.30. The van der Waals surface area contributed by atoms with Crippen molar-refractivity contribution in [2.45, 2.75) is 6.18 Å². The van der Waals surface area contributed by atoms with Crippen LogP contribution in [0.4, 0.5) is 13.2 Å². The van der Waals surface area contributed by atoms with E-state index in [-0.39, 0.29) is 21.9 Å². The quantitative estimate of drug-likeness (QED) is 0.695. The Kier molecular flexibility index (Phi) is 2.41. The molecule has 3 nitrogen and oxygen atoms in total. The molecule has 1 heterocycles. The molecule has 2 amide bonds. The molecule has 0 N–H and O–H groups in total. The second-order valence-electron chi connectivity index (χ2n) is 4.59. The lowest BCUT2D eigenvalue weighted by atomic mass is 9.92. The number of hydrogen-bond acceptors (Lipinski definition) is 2. The van der Waals surface area contributed by atoms with Gasteiger partial charge in [-0.05, 0) is 23.6 Å². The van der Waals surface area contributed by atoms with Crippen molar-refractivity contribution in [3.63, 3.8) is 0 Å². The summed E-state index contributed by atoms with van der Waals surface area (Å²) in [6, 6.07) is 6.22. The third-order valence-corrected chi connectivity index (χ3v) is 3.37. The number of imide groups is 1. The van der Waals surface area contributed by atoms with E-state index in [2.05, 4.69) is 0 Å². The smallest absolute Gasteiger partial charge is 0.277 e. The maximum atomic E-state index is 12.9. The van der Waals surface area contributed by atoms with Crippen LogP contribution in [0.25, 0.3) is 10.8 Å². The van der Waals surface area contributed by atoms with Gasteiger partial charge < -0.3 is 0 Å². The van der Waals surface area contributed by atoms with Crippen LogP contribution in [0.15, 0.2) is 30.3 Å². The molecule has 0 aliphatic carbocycles. The highest BCUT2D eigenvalue weighted by Crippen LogP contribution is 2.36. The molecule has 0 atom stereocenters. The van der Waals surface area contributed by atoms with E-state index in [1.807, 2.05) is 0 Å². The maximum Gasteiger partial charge on any atom is 0.416 e. The standard InChI is InChI=1S/C14H8F3NO2/c1-18-12(19)9-4-2-3-7-5-8(14(15,16)17)6-10(11(7)9)13(18)20/h2-6H,1H3. The molecule has 0 saturated heterocycles. The summed E-state index contributed by atoms with van der Waals surface area (Å²) in [5.41, 5.74) is -0.742. The lowest BCUT2D eigenvalue weighted by Gasteiger charge is -2.24. The van der Waals surface area contributed by atoms with Crippen molar-refractivity contribution in [2.75, 3.05) is 7.05 Å². The van der Waals surface area contributed by atoms with E-state index in [9.17, 15) is 22.8 Å². The molecule has 0 spiro atoms. The SMILES string of the molecule is CN1C(=O)c2cccc3cc(C(F)(F)F)cc(c23)C1=O. The minimum atomic E-state index is -4.54. The fourth-order valence-corrected chi connectivity index (χ4v) is 2.39. The van der Waals surface area contributed by atoms with Crippen LogP contribution in [0.5, 0.6) is 0 Å². The molecular weight excluding hydrogens is 271 g/mol. The molecule has 0 bridgehead atoms. The molecule has 0 fully saturated rings. The molecule has 102 valence electrons. The van der Waals surface area contributed by atoms with E-state index >= 15 is 0 Å². The summed E-state index contributed by atoms with van der Waals surface area (Å²) >= 11 is 0. The maximum absolute atomic E-state index is 12.9. The van der Waals surface area contributed by atoms with E-state index in [0.29, 0.717) is 0 Å². The van der Waals surface area contributed by atoms with Crippen LogP contribution in [-0.4, -0.2) is 23.8 Å². The van der Waals surface area contributed by atoms with Crippen molar-refractivity contribution in [3.05, 3.63) is 47.0 Å². The van der Waals surface area contributed by atoms with Gasteiger partial charge in [0.1, 0.15) is 0 Å². The highest BCUT2D eigenvalue weighted by molar-refractivity contribution is 6.25.